The topological polar surface area (TPSA) is 55.2 Å². The Morgan fingerprint density at radius 3 is 2.33 bits per heavy atom. The minimum atomic E-state index is -0.406. The molecule has 0 aliphatic heterocycles. The van der Waals surface area contributed by atoms with Crippen LogP contribution in [0.4, 0.5) is 10.1 Å². The number of nitrogens with zero attached hydrogens (tertiary/aromatic N) is 1. The van der Waals surface area contributed by atoms with Gasteiger partial charge in [0.25, 0.3) is 5.69 Å². The van der Waals surface area contributed by atoms with Crippen LogP contribution < -0.4 is 5.32 Å². The van der Waals surface area contributed by atoms with Crippen LogP contribution in [0.25, 0.3) is 0 Å². The van der Waals surface area contributed by atoms with Crippen molar-refractivity contribution in [1.29, 1.82) is 0 Å². The number of non-ortho nitro benzene ring substituents is 1. The summed E-state index contributed by atoms with van der Waals surface area (Å²) in [5, 5.41) is 13.9. The maximum absolute atomic E-state index is 12.8. The van der Waals surface area contributed by atoms with Gasteiger partial charge in [-0.25, -0.2) is 4.39 Å². The Kier molecular flexibility index (Phi) is 5.00. The molecule has 110 valence electrons. The van der Waals surface area contributed by atoms with Crippen molar-refractivity contribution in [2.24, 2.45) is 0 Å². The van der Waals surface area contributed by atoms with Gasteiger partial charge >= 0.3 is 0 Å². The summed E-state index contributed by atoms with van der Waals surface area (Å²) in [5.74, 6) is -0.231. The van der Waals surface area contributed by atoms with E-state index in [4.69, 9.17) is 0 Å². The van der Waals surface area contributed by atoms with Gasteiger partial charge in [-0.05, 0) is 43.1 Å². The molecule has 0 saturated carbocycles. The van der Waals surface area contributed by atoms with Gasteiger partial charge in [0.2, 0.25) is 0 Å². The molecule has 5 heteroatoms. The number of nitro benzene ring substituents is 1. The fraction of sp³-hybridized carbons (Fsp3) is 0.250. The van der Waals surface area contributed by atoms with Crippen molar-refractivity contribution in [2.45, 2.75) is 19.4 Å². The molecule has 0 saturated heterocycles. The summed E-state index contributed by atoms with van der Waals surface area (Å²) in [5.41, 5.74) is 2.16. The molecule has 0 aliphatic rings. The smallest absolute Gasteiger partial charge is 0.269 e. The summed E-state index contributed by atoms with van der Waals surface area (Å²) in [6.07, 6.45) is 0.803. The zero-order valence-corrected chi connectivity index (χ0v) is 11.8. The van der Waals surface area contributed by atoms with E-state index >= 15 is 0 Å². The molecule has 0 aliphatic carbocycles. The number of nitrogens with one attached hydrogen (secondary N) is 1. The van der Waals surface area contributed by atoms with Crippen molar-refractivity contribution in [3.8, 4) is 0 Å². The highest BCUT2D eigenvalue weighted by atomic mass is 19.1. The van der Waals surface area contributed by atoms with E-state index in [1.165, 1.54) is 24.3 Å². The second kappa shape index (κ2) is 6.95. The molecular formula is C16H17FN2O2. The molecule has 0 fully saturated rings. The van der Waals surface area contributed by atoms with Gasteiger partial charge in [-0.1, -0.05) is 24.3 Å². The quantitative estimate of drug-likeness (QED) is 0.652. The normalized spacial score (nSPS) is 12.1. The van der Waals surface area contributed by atoms with Gasteiger partial charge in [-0.2, -0.15) is 0 Å². The molecule has 2 aromatic carbocycles. The van der Waals surface area contributed by atoms with Crippen molar-refractivity contribution in [2.75, 3.05) is 6.54 Å². The third kappa shape index (κ3) is 4.36. The van der Waals surface area contributed by atoms with Gasteiger partial charge in [0.05, 0.1) is 4.92 Å². The largest absolute Gasteiger partial charge is 0.310 e. The Bertz CT molecular complexity index is 597. The van der Waals surface area contributed by atoms with Crippen LogP contribution in [0.2, 0.25) is 0 Å². The molecule has 1 N–H and O–H groups in total. The molecule has 0 amide bonds. The van der Waals surface area contributed by atoms with Crippen LogP contribution in [0.1, 0.15) is 24.1 Å². The first-order valence-electron chi connectivity index (χ1n) is 6.78. The molecule has 0 heterocycles. The zero-order valence-electron chi connectivity index (χ0n) is 11.8. The van der Waals surface area contributed by atoms with Crippen molar-refractivity contribution in [3.63, 3.8) is 0 Å². The average Bonchev–Trinajstić information content (AvgIpc) is 2.49. The second-order valence-electron chi connectivity index (χ2n) is 4.90. The van der Waals surface area contributed by atoms with E-state index in [9.17, 15) is 14.5 Å². The van der Waals surface area contributed by atoms with Gasteiger partial charge in [0, 0.05) is 18.2 Å². The van der Waals surface area contributed by atoms with Crippen LogP contribution in [0, 0.1) is 15.9 Å². The van der Waals surface area contributed by atoms with E-state index in [2.05, 4.69) is 5.32 Å². The minimum Gasteiger partial charge on any atom is -0.310 e. The Labute approximate surface area is 122 Å². The van der Waals surface area contributed by atoms with Crippen LogP contribution in [0.5, 0.6) is 0 Å². The Balaban J connectivity index is 1.85. The molecule has 0 aromatic heterocycles. The number of halogens is 1. The highest BCUT2D eigenvalue weighted by molar-refractivity contribution is 5.34. The summed E-state index contributed by atoms with van der Waals surface area (Å²) in [6, 6.07) is 13.1. The van der Waals surface area contributed by atoms with E-state index in [-0.39, 0.29) is 17.5 Å². The first kappa shape index (κ1) is 15.1. The molecule has 21 heavy (non-hydrogen) atoms. The maximum atomic E-state index is 12.8. The first-order chi connectivity index (χ1) is 10.1. The summed E-state index contributed by atoms with van der Waals surface area (Å²) < 4.78 is 12.8. The van der Waals surface area contributed by atoms with E-state index < -0.39 is 4.92 Å². The van der Waals surface area contributed by atoms with Gasteiger partial charge in [-0.3, -0.25) is 10.1 Å². The number of hydrogen-bond donors (Lipinski definition) is 1. The molecule has 0 bridgehead atoms. The SMILES string of the molecule is CC(NCCc1ccc(F)cc1)c1ccc([N+](=O)[O-])cc1. The van der Waals surface area contributed by atoms with Gasteiger partial charge in [0.15, 0.2) is 0 Å². The van der Waals surface area contributed by atoms with Crippen molar-refractivity contribution in [3.05, 3.63) is 75.6 Å². The predicted octanol–water partition coefficient (Wildman–Crippen LogP) is 3.63. The molecule has 1 atom stereocenters. The lowest BCUT2D eigenvalue weighted by Gasteiger charge is -2.14. The van der Waals surface area contributed by atoms with E-state index in [1.807, 2.05) is 6.92 Å². The van der Waals surface area contributed by atoms with Gasteiger partial charge < -0.3 is 5.32 Å². The van der Waals surface area contributed by atoms with Crippen LogP contribution in [0.3, 0.4) is 0 Å². The molecule has 2 aromatic rings. The molecule has 0 radical (unpaired) electrons. The summed E-state index contributed by atoms with van der Waals surface area (Å²) in [6.45, 7) is 2.76. The fourth-order valence-electron chi connectivity index (χ4n) is 2.09. The molecular weight excluding hydrogens is 271 g/mol. The number of benzene rings is 2. The highest BCUT2D eigenvalue weighted by Gasteiger charge is 2.08. The Morgan fingerprint density at radius 1 is 1.14 bits per heavy atom. The Hall–Kier alpha value is -2.27. The van der Waals surface area contributed by atoms with Crippen LogP contribution in [-0.4, -0.2) is 11.5 Å². The molecule has 2 rings (SSSR count). The number of nitro groups is 1. The maximum Gasteiger partial charge on any atom is 0.269 e. The molecule has 4 nitrogen and oxygen atoms in total. The number of hydrogen-bond acceptors (Lipinski definition) is 3. The van der Waals surface area contributed by atoms with E-state index in [0.717, 1.165) is 24.1 Å². The Morgan fingerprint density at radius 2 is 1.76 bits per heavy atom. The van der Waals surface area contributed by atoms with Crippen molar-refractivity contribution < 1.29 is 9.31 Å². The lowest BCUT2D eigenvalue weighted by atomic mass is 10.1. The van der Waals surface area contributed by atoms with Crippen LogP contribution >= 0.6 is 0 Å². The minimum absolute atomic E-state index is 0.0947. The zero-order chi connectivity index (χ0) is 15.2. The first-order valence-corrected chi connectivity index (χ1v) is 6.78. The summed E-state index contributed by atoms with van der Waals surface area (Å²) >= 11 is 0. The third-order valence-electron chi connectivity index (χ3n) is 3.38. The molecule has 0 spiro atoms. The van der Waals surface area contributed by atoms with Crippen LogP contribution in [-0.2, 0) is 6.42 Å². The van der Waals surface area contributed by atoms with Gasteiger partial charge in [0.1, 0.15) is 5.82 Å². The van der Waals surface area contributed by atoms with E-state index in [1.54, 1.807) is 24.3 Å². The molecule has 1 unspecified atom stereocenters. The predicted molar refractivity (Wildman–Crippen MR) is 79.6 cm³/mol. The summed E-state index contributed by atoms with van der Waals surface area (Å²) in [7, 11) is 0. The second-order valence-corrected chi connectivity index (χ2v) is 4.90. The fourth-order valence-corrected chi connectivity index (χ4v) is 2.09. The summed E-state index contributed by atoms with van der Waals surface area (Å²) in [4.78, 5) is 10.2. The lowest BCUT2D eigenvalue weighted by Crippen LogP contribution is -2.21. The van der Waals surface area contributed by atoms with E-state index in [0.29, 0.717) is 0 Å². The lowest BCUT2D eigenvalue weighted by molar-refractivity contribution is -0.384. The third-order valence-corrected chi connectivity index (χ3v) is 3.38. The monoisotopic (exact) mass is 288 g/mol. The van der Waals surface area contributed by atoms with Crippen molar-refractivity contribution in [1.82, 2.24) is 5.32 Å². The van der Waals surface area contributed by atoms with Crippen molar-refractivity contribution >= 4 is 5.69 Å². The highest BCUT2D eigenvalue weighted by Crippen LogP contribution is 2.17. The van der Waals surface area contributed by atoms with Gasteiger partial charge in [-0.15, -0.1) is 0 Å². The average molecular weight is 288 g/mol. The standard InChI is InChI=1S/C16H17FN2O2/c1-12(14-4-8-16(9-5-14)19(20)21)18-11-10-13-2-6-15(17)7-3-13/h2-9,12,18H,10-11H2,1H3. The van der Waals surface area contributed by atoms with Crippen LogP contribution in [0.15, 0.2) is 48.5 Å². The number of rotatable bonds is 6.